The van der Waals surface area contributed by atoms with Gasteiger partial charge in [0.1, 0.15) is 11.4 Å². The van der Waals surface area contributed by atoms with Crippen LogP contribution in [0.25, 0.3) is 0 Å². The Kier molecular flexibility index (Phi) is 9.12. The molecule has 0 aliphatic heterocycles. The van der Waals surface area contributed by atoms with Crippen LogP contribution >= 0.6 is 0 Å². The van der Waals surface area contributed by atoms with Gasteiger partial charge >= 0.3 is 0 Å². The topological polar surface area (TPSA) is 87.0 Å². The van der Waals surface area contributed by atoms with Crippen LogP contribution in [0.2, 0.25) is 0 Å². The number of aryl methyl sites for hydroxylation is 1. The lowest BCUT2D eigenvalue weighted by molar-refractivity contribution is -0.140. The maximum Gasteiger partial charge on any atom is 0.293 e. The number of phenols is 3. The minimum Gasteiger partial charge on any atom is -0.508 e. The Labute approximate surface area is 169 Å². The van der Waals surface area contributed by atoms with Gasteiger partial charge in [-0.2, -0.15) is 0 Å². The summed E-state index contributed by atoms with van der Waals surface area (Å²) in [6.45, 7) is 10.8. The van der Waals surface area contributed by atoms with Crippen LogP contribution in [0.15, 0.2) is 6.07 Å². The van der Waals surface area contributed by atoms with Crippen molar-refractivity contribution in [1.29, 1.82) is 0 Å². The summed E-state index contributed by atoms with van der Waals surface area (Å²) in [6, 6.07) is 1.58. The second-order valence-electron chi connectivity index (χ2n) is 9.53. The van der Waals surface area contributed by atoms with Crippen LogP contribution in [0.3, 0.4) is 0 Å². The lowest BCUT2D eigenvalue weighted by Crippen LogP contribution is -2.23. The summed E-state index contributed by atoms with van der Waals surface area (Å²) in [5.41, 5.74) is 0.776. The standard InChI is InChI=1S/C23H38O5/c1-22(2,3)13-9-6-7-11-17-15-19(25)18(21(27)20(17)26)12-8-10-14-23(4,5)28-16-24/h15-16,25-27H,6-14H2,1-5H3. The highest BCUT2D eigenvalue weighted by atomic mass is 16.5. The lowest BCUT2D eigenvalue weighted by Gasteiger charge is -2.22. The zero-order valence-electron chi connectivity index (χ0n) is 18.2. The fourth-order valence-electron chi connectivity index (χ4n) is 3.36. The SMILES string of the molecule is CC(C)(C)CCCCCc1cc(O)c(CCCCC(C)(C)OC=O)c(O)c1O. The van der Waals surface area contributed by atoms with E-state index < -0.39 is 5.60 Å². The van der Waals surface area contributed by atoms with Crippen molar-refractivity contribution in [2.45, 2.75) is 98.0 Å². The third kappa shape index (κ3) is 8.41. The molecule has 5 heteroatoms. The highest BCUT2D eigenvalue weighted by molar-refractivity contribution is 5.56. The summed E-state index contributed by atoms with van der Waals surface area (Å²) in [6.07, 6.45) is 7.50. The van der Waals surface area contributed by atoms with Gasteiger partial charge in [-0.1, -0.05) is 33.6 Å². The largest absolute Gasteiger partial charge is 0.508 e. The zero-order valence-corrected chi connectivity index (χ0v) is 18.2. The number of unbranched alkanes of at least 4 members (excludes halogenated alkanes) is 3. The summed E-state index contributed by atoms with van der Waals surface area (Å²) in [5.74, 6) is -0.301. The maximum atomic E-state index is 10.5. The van der Waals surface area contributed by atoms with Crippen LogP contribution in [0.1, 0.15) is 90.7 Å². The first kappa shape index (κ1) is 24.1. The van der Waals surface area contributed by atoms with Crippen molar-refractivity contribution in [3.63, 3.8) is 0 Å². The Bertz CT molecular complexity index is 629. The molecule has 0 unspecified atom stereocenters. The number of hydrogen-bond donors (Lipinski definition) is 3. The number of hydrogen-bond acceptors (Lipinski definition) is 5. The van der Waals surface area contributed by atoms with Gasteiger partial charge in [0, 0.05) is 11.1 Å². The van der Waals surface area contributed by atoms with Gasteiger partial charge in [-0.25, -0.2) is 0 Å². The number of aromatic hydroxyl groups is 3. The van der Waals surface area contributed by atoms with Gasteiger partial charge in [-0.05, 0) is 70.3 Å². The summed E-state index contributed by atoms with van der Waals surface area (Å²) in [5, 5.41) is 31.0. The average Bonchev–Trinajstić information content (AvgIpc) is 2.57. The Hall–Kier alpha value is -1.91. The number of phenolic OH excluding ortho intramolecular Hbond substituents is 3. The first-order valence-electron chi connectivity index (χ1n) is 10.3. The molecule has 0 bridgehead atoms. The summed E-state index contributed by atoms with van der Waals surface area (Å²) < 4.78 is 5.02. The van der Waals surface area contributed by atoms with Crippen LogP contribution in [-0.4, -0.2) is 27.4 Å². The predicted octanol–water partition coefficient (Wildman–Crippen LogP) is 5.62. The highest BCUT2D eigenvalue weighted by Crippen LogP contribution is 2.40. The van der Waals surface area contributed by atoms with Crippen molar-refractivity contribution in [3.8, 4) is 17.2 Å². The van der Waals surface area contributed by atoms with Crippen LogP contribution in [0, 0.1) is 5.41 Å². The number of ether oxygens (including phenoxy) is 1. The molecule has 28 heavy (non-hydrogen) atoms. The molecule has 5 nitrogen and oxygen atoms in total. The third-order valence-corrected chi connectivity index (χ3v) is 5.13. The van der Waals surface area contributed by atoms with Gasteiger partial charge in [-0.15, -0.1) is 0 Å². The molecule has 0 aliphatic carbocycles. The first-order chi connectivity index (χ1) is 13.0. The van der Waals surface area contributed by atoms with Gasteiger partial charge in [0.25, 0.3) is 6.47 Å². The van der Waals surface area contributed by atoms with E-state index in [1.165, 1.54) is 0 Å². The van der Waals surface area contributed by atoms with E-state index in [4.69, 9.17) is 4.74 Å². The van der Waals surface area contributed by atoms with Crippen molar-refractivity contribution in [2.24, 2.45) is 5.41 Å². The summed E-state index contributed by atoms with van der Waals surface area (Å²) >= 11 is 0. The molecule has 1 aromatic rings. The molecular weight excluding hydrogens is 356 g/mol. The molecule has 0 radical (unpaired) electrons. The monoisotopic (exact) mass is 394 g/mol. The lowest BCUT2D eigenvalue weighted by atomic mass is 9.89. The van der Waals surface area contributed by atoms with Gasteiger partial charge < -0.3 is 20.1 Å². The fraction of sp³-hybridized carbons (Fsp3) is 0.696. The van der Waals surface area contributed by atoms with E-state index >= 15 is 0 Å². The second kappa shape index (κ2) is 10.6. The van der Waals surface area contributed by atoms with E-state index in [1.807, 2.05) is 13.8 Å². The van der Waals surface area contributed by atoms with Gasteiger partial charge in [0.05, 0.1) is 0 Å². The van der Waals surface area contributed by atoms with Crippen LogP contribution < -0.4 is 0 Å². The molecule has 0 spiro atoms. The molecule has 0 amide bonds. The normalized spacial score (nSPS) is 12.2. The zero-order chi connectivity index (χ0) is 21.4. The summed E-state index contributed by atoms with van der Waals surface area (Å²) in [7, 11) is 0. The number of carbonyl (C=O) groups excluding carboxylic acids is 1. The minimum atomic E-state index is -0.523. The Balaban J connectivity index is 2.57. The van der Waals surface area contributed by atoms with E-state index in [0.717, 1.165) is 32.1 Å². The molecule has 0 aromatic heterocycles. The average molecular weight is 395 g/mol. The first-order valence-corrected chi connectivity index (χ1v) is 10.3. The smallest absolute Gasteiger partial charge is 0.293 e. The molecule has 0 fully saturated rings. The number of rotatable bonds is 12. The van der Waals surface area contributed by atoms with Crippen molar-refractivity contribution >= 4 is 6.47 Å². The molecule has 1 rings (SSSR count). The van der Waals surface area contributed by atoms with Crippen molar-refractivity contribution in [1.82, 2.24) is 0 Å². The molecular formula is C23H38O5. The minimum absolute atomic E-state index is 0.0309. The highest BCUT2D eigenvalue weighted by Gasteiger charge is 2.20. The van der Waals surface area contributed by atoms with E-state index in [9.17, 15) is 20.1 Å². The maximum absolute atomic E-state index is 10.5. The fourth-order valence-corrected chi connectivity index (χ4v) is 3.36. The van der Waals surface area contributed by atoms with Crippen LogP contribution in [0.5, 0.6) is 17.2 Å². The second-order valence-corrected chi connectivity index (χ2v) is 9.53. The Morgan fingerprint density at radius 1 is 0.857 bits per heavy atom. The van der Waals surface area contributed by atoms with Gasteiger partial charge in [-0.3, -0.25) is 4.79 Å². The van der Waals surface area contributed by atoms with Crippen LogP contribution in [-0.2, 0) is 22.4 Å². The Morgan fingerprint density at radius 3 is 2.07 bits per heavy atom. The van der Waals surface area contributed by atoms with E-state index in [0.29, 0.717) is 48.7 Å². The molecule has 0 atom stereocenters. The molecule has 0 saturated heterocycles. The summed E-state index contributed by atoms with van der Waals surface area (Å²) in [4.78, 5) is 10.5. The molecule has 0 saturated carbocycles. The quantitative estimate of drug-likeness (QED) is 0.185. The number of carbonyl (C=O) groups is 1. The molecule has 1 aromatic carbocycles. The third-order valence-electron chi connectivity index (χ3n) is 5.13. The van der Waals surface area contributed by atoms with Gasteiger partial charge in [0.2, 0.25) is 0 Å². The molecule has 160 valence electrons. The predicted molar refractivity (Wildman–Crippen MR) is 112 cm³/mol. The molecule has 3 N–H and O–H groups in total. The van der Waals surface area contributed by atoms with E-state index in [2.05, 4.69) is 20.8 Å². The van der Waals surface area contributed by atoms with Crippen molar-refractivity contribution in [2.75, 3.05) is 0 Å². The molecule has 0 heterocycles. The van der Waals surface area contributed by atoms with Crippen LogP contribution in [0.4, 0.5) is 0 Å². The Morgan fingerprint density at radius 2 is 1.46 bits per heavy atom. The van der Waals surface area contributed by atoms with Crippen molar-refractivity contribution in [3.05, 3.63) is 17.2 Å². The van der Waals surface area contributed by atoms with E-state index in [-0.39, 0.29) is 17.2 Å². The molecule has 0 aliphatic rings. The van der Waals surface area contributed by atoms with E-state index in [1.54, 1.807) is 6.07 Å². The van der Waals surface area contributed by atoms with Crippen molar-refractivity contribution < 1.29 is 24.9 Å². The number of benzene rings is 1. The van der Waals surface area contributed by atoms with Gasteiger partial charge in [0.15, 0.2) is 11.5 Å².